The highest BCUT2D eigenvalue weighted by molar-refractivity contribution is 5.63. The summed E-state index contributed by atoms with van der Waals surface area (Å²) in [6, 6.07) is 13.2. The Balaban J connectivity index is 1.97. The van der Waals surface area contributed by atoms with Gasteiger partial charge in [-0.1, -0.05) is 24.3 Å². The van der Waals surface area contributed by atoms with E-state index in [0.29, 0.717) is 0 Å². The van der Waals surface area contributed by atoms with E-state index in [-0.39, 0.29) is 0 Å². The summed E-state index contributed by atoms with van der Waals surface area (Å²) < 4.78 is 0. The molecule has 19 heavy (non-hydrogen) atoms. The minimum absolute atomic E-state index is 0.997. The van der Waals surface area contributed by atoms with Crippen LogP contribution in [0.2, 0.25) is 0 Å². The molecule has 2 aromatic carbocycles. The second-order valence-corrected chi connectivity index (χ2v) is 5.34. The number of hydrogen-bond donors (Lipinski definition) is 1. The zero-order chi connectivity index (χ0) is 13.4. The van der Waals surface area contributed by atoms with Gasteiger partial charge in [-0.2, -0.15) is 0 Å². The van der Waals surface area contributed by atoms with E-state index in [1.54, 1.807) is 0 Å². The van der Waals surface area contributed by atoms with Gasteiger partial charge in [0.05, 0.1) is 0 Å². The number of nitrogens with one attached hydrogen (secondary N) is 1. The Morgan fingerprint density at radius 1 is 1.05 bits per heavy atom. The van der Waals surface area contributed by atoms with Gasteiger partial charge in [-0.25, -0.2) is 0 Å². The molecule has 0 unspecified atom stereocenters. The van der Waals surface area contributed by atoms with Gasteiger partial charge in [0.1, 0.15) is 0 Å². The fourth-order valence-corrected chi connectivity index (χ4v) is 2.89. The van der Waals surface area contributed by atoms with E-state index >= 15 is 0 Å². The molecule has 2 aromatic rings. The summed E-state index contributed by atoms with van der Waals surface area (Å²) >= 11 is 0. The van der Waals surface area contributed by atoms with Crippen molar-refractivity contribution in [3.63, 3.8) is 0 Å². The van der Waals surface area contributed by atoms with Gasteiger partial charge in [0.2, 0.25) is 0 Å². The quantitative estimate of drug-likeness (QED) is 0.873. The van der Waals surface area contributed by atoms with Gasteiger partial charge in [-0.3, -0.25) is 0 Å². The SMILES string of the molecule is CNc1cccc2c1CN(c1cc(C)ccc1C)C2. The summed E-state index contributed by atoms with van der Waals surface area (Å²) in [6.45, 7) is 6.35. The Hall–Kier alpha value is -1.96. The molecule has 1 heterocycles. The molecule has 0 amide bonds. The molecule has 0 saturated carbocycles. The molecule has 1 N–H and O–H groups in total. The Kier molecular flexibility index (Phi) is 2.94. The topological polar surface area (TPSA) is 15.3 Å². The lowest BCUT2D eigenvalue weighted by molar-refractivity contribution is 0.874. The molecule has 0 radical (unpaired) electrons. The predicted molar refractivity (Wildman–Crippen MR) is 81.8 cm³/mol. The van der Waals surface area contributed by atoms with Gasteiger partial charge in [0, 0.05) is 31.5 Å². The molecule has 0 spiro atoms. The fourth-order valence-electron chi connectivity index (χ4n) is 2.89. The summed E-state index contributed by atoms with van der Waals surface area (Å²) in [5.74, 6) is 0. The van der Waals surface area contributed by atoms with E-state index in [2.05, 4.69) is 60.5 Å². The number of hydrogen-bond acceptors (Lipinski definition) is 2. The average molecular weight is 252 g/mol. The van der Waals surface area contributed by atoms with Gasteiger partial charge in [0.25, 0.3) is 0 Å². The molecule has 0 fully saturated rings. The van der Waals surface area contributed by atoms with E-state index < -0.39 is 0 Å². The van der Waals surface area contributed by atoms with Gasteiger partial charge < -0.3 is 10.2 Å². The molecule has 0 atom stereocenters. The largest absolute Gasteiger partial charge is 0.388 e. The van der Waals surface area contributed by atoms with Crippen LogP contribution in [0.15, 0.2) is 36.4 Å². The minimum atomic E-state index is 0.997. The summed E-state index contributed by atoms with van der Waals surface area (Å²) in [5, 5.41) is 3.30. The molecule has 2 heteroatoms. The van der Waals surface area contributed by atoms with Crippen LogP contribution in [-0.2, 0) is 13.1 Å². The second kappa shape index (κ2) is 4.61. The van der Waals surface area contributed by atoms with E-state index in [9.17, 15) is 0 Å². The molecule has 2 nitrogen and oxygen atoms in total. The number of fused-ring (bicyclic) bond motifs is 1. The van der Waals surface area contributed by atoms with Crippen LogP contribution in [0.5, 0.6) is 0 Å². The highest BCUT2D eigenvalue weighted by Crippen LogP contribution is 2.34. The van der Waals surface area contributed by atoms with Crippen LogP contribution in [0.3, 0.4) is 0 Å². The van der Waals surface area contributed by atoms with Gasteiger partial charge in [0.15, 0.2) is 0 Å². The number of nitrogens with zero attached hydrogens (tertiary/aromatic N) is 1. The van der Waals surface area contributed by atoms with Crippen LogP contribution >= 0.6 is 0 Å². The Labute approximate surface area is 115 Å². The number of rotatable bonds is 2. The highest BCUT2D eigenvalue weighted by atomic mass is 15.1. The predicted octanol–water partition coefficient (Wildman–Crippen LogP) is 3.87. The van der Waals surface area contributed by atoms with Crippen molar-refractivity contribution in [2.75, 3.05) is 17.3 Å². The van der Waals surface area contributed by atoms with Crippen molar-refractivity contribution >= 4 is 11.4 Å². The van der Waals surface area contributed by atoms with E-state index in [1.165, 1.54) is 33.6 Å². The van der Waals surface area contributed by atoms with Crippen molar-refractivity contribution < 1.29 is 0 Å². The highest BCUT2D eigenvalue weighted by Gasteiger charge is 2.22. The number of benzene rings is 2. The van der Waals surface area contributed by atoms with Crippen LogP contribution in [0.25, 0.3) is 0 Å². The van der Waals surface area contributed by atoms with Crippen LogP contribution in [-0.4, -0.2) is 7.05 Å². The van der Waals surface area contributed by atoms with Crippen molar-refractivity contribution in [3.8, 4) is 0 Å². The lowest BCUT2D eigenvalue weighted by Gasteiger charge is -2.21. The summed E-state index contributed by atoms with van der Waals surface area (Å²) in [5.41, 5.74) is 8.16. The number of aryl methyl sites for hydroxylation is 2. The maximum atomic E-state index is 3.30. The second-order valence-electron chi connectivity index (χ2n) is 5.34. The monoisotopic (exact) mass is 252 g/mol. The van der Waals surface area contributed by atoms with Crippen LogP contribution in [0, 0.1) is 13.8 Å². The molecule has 3 rings (SSSR count). The average Bonchev–Trinajstić information content (AvgIpc) is 2.85. The Morgan fingerprint density at radius 2 is 1.89 bits per heavy atom. The van der Waals surface area contributed by atoms with Crippen molar-refractivity contribution in [2.45, 2.75) is 26.9 Å². The molecule has 0 saturated heterocycles. The summed E-state index contributed by atoms with van der Waals surface area (Å²) in [7, 11) is 2.00. The van der Waals surface area contributed by atoms with E-state index in [1.807, 2.05) is 7.05 Å². The first-order chi connectivity index (χ1) is 9.19. The molecule has 1 aliphatic heterocycles. The third-order valence-electron chi connectivity index (χ3n) is 3.96. The fraction of sp³-hybridized carbons (Fsp3) is 0.294. The third-order valence-corrected chi connectivity index (χ3v) is 3.96. The molecule has 98 valence electrons. The van der Waals surface area contributed by atoms with E-state index in [0.717, 1.165) is 13.1 Å². The molecule has 1 aliphatic rings. The van der Waals surface area contributed by atoms with Crippen molar-refractivity contribution in [2.24, 2.45) is 0 Å². The molecule has 0 aromatic heterocycles. The van der Waals surface area contributed by atoms with Crippen LogP contribution < -0.4 is 10.2 Å². The molecule has 0 aliphatic carbocycles. The van der Waals surface area contributed by atoms with Gasteiger partial charge >= 0.3 is 0 Å². The van der Waals surface area contributed by atoms with Gasteiger partial charge in [-0.15, -0.1) is 0 Å². The van der Waals surface area contributed by atoms with Gasteiger partial charge in [-0.05, 0) is 48.2 Å². The Bertz CT molecular complexity index is 617. The molecule has 0 bridgehead atoms. The van der Waals surface area contributed by atoms with E-state index in [4.69, 9.17) is 0 Å². The maximum absolute atomic E-state index is 3.30. The number of anilines is 2. The van der Waals surface area contributed by atoms with Crippen LogP contribution in [0.1, 0.15) is 22.3 Å². The van der Waals surface area contributed by atoms with Crippen molar-refractivity contribution in [3.05, 3.63) is 58.7 Å². The minimum Gasteiger partial charge on any atom is -0.388 e. The Morgan fingerprint density at radius 3 is 2.68 bits per heavy atom. The summed E-state index contributed by atoms with van der Waals surface area (Å²) in [4.78, 5) is 2.47. The first-order valence-corrected chi connectivity index (χ1v) is 6.80. The standard InChI is InChI=1S/C17H20N2/c1-12-7-8-13(2)17(9-12)19-10-14-5-4-6-16(18-3)15(14)11-19/h4-9,18H,10-11H2,1-3H3. The van der Waals surface area contributed by atoms with Crippen LogP contribution in [0.4, 0.5) is 11.4 Å². The zero-order valence-electron chi connectivity index (χ0n) is 11.8. The smallest absolute Gasteiger partial charge is 0.0457 e. The zero-order valence-corrected chi connectivity index (χ0v) is 11.8. The first kappa shape index (κ1) is 12.1. The molecular formula is C17H20N2. The van der Waals surface area contributed by atoms with Crippen molar-refractivity contribution in [1.82, 2.24) is 0 Å². The lowest BCUT2D eigenvalue weighted by atomic mass is 10.1. The first-order valence-electron chi connectivity index (χ1n) is 6.80. The van der Waals surface area contributed by atoms with Crippen molar-refractivity contribution in [1.29, 1.82) is 0 Å². The normalized spacial score (nSPS) is 13.5. The maximum Gasteiger partial charge on any atom is 0.0457 e. The molecular weight excluding hydrogens is 232 g/mol. The summed E-state index contributed by atoms with van der Waals surface area (Å²) in [6.07, 6.45) is 0. The third kappa shape index (κ3) is 2.07. The lowest BCUT2D eigenvalue weighted by Crippen LogP contribution is -2.15.